The van der Waals surface area contributed by atoms with Crippen molar-refractivity contribution in [2.75, 3.05) is 0 Å². The second-order valence-corrected chi connectivity index (χ2v) is 2.17. The van der Waals surface area contributed by atoms with Crippen LogP contribution in [0.1, 0.15) is 0 Å². The van der Waals surface area contributed by atoms with E-state index in [0.717, 1.165) is 0 Å². The normalized spacial score (nSPS) is 8.45. The number of nitro groups is 1. The maximum absolute atomic E-state index is 10.1. The molecule has 3 nitrogen and oxygen atoms in total. The minimum absolute atomic E-state index is 0. The third-order valence-corrected chi connectivity index (χ3v) is 1.29. The summed E-state index contributed by atoms with van der Waals surface area (Å²) in [6.07, 6.45) is 0. The third kappa shape index (κ3) is 2.51. The summed E-state index contributed by atoms with van der Waals surface area (Å²) in [6.45, 7) is 0. The molecule has 0 unspecified atom stereocenters. The van der Waals surface area contributed by atoms with Gasteiger partial charge in [-0.05, 0) is 12.1 Å². The fourth-order valence-corrected chi connectivity index (χ4v) is 0.689. The van der Waals surface area contributed by atoms with Gasteiger partial charge in [0.1, 0.15) is 0 Å². The Morgan fingerprint density at radius 2 is 1.73 bits per heavy atom. The Morgan fingerprint density at radius 3 is 2.09 bits per heavy atom. The lowest BCUT2D eigenvalue weighted by Crippen LogP contribution is -1.85. The quantitative estimate of drug-likeness (QED) is 0.488. The molecule has 5 heteroatoms. The number of nitrogens with zero attached hydrogens (tertiary/aromatic N) is 1. The second kappa shape index (κ2) is 3.88. The van der Waals surface area contributed by atoms with Gasteiger partial charge in [0.05, 0.1) is 4.92 Å². The zero-order chi connectivity index (χ0) is 7.56. The molecule has 0 saturated heterocycles. The van der Waals surface area contributed by atoms with Crippen LogP contribution in [0.15, 0.2) is 24.3 Å². The highest BCUT2D eigenvalue weighted by molar-refractivity contribution is 6.30. The molecule has 0 heterocycles. The molecule has 0 spiro atoms. The Bertz CT molecular complexity index is 249. The average molecular weight is 178 g/mol. The summed E-state index contributed by atoms with van der Waals surface area (Å²) in [5.74, 6) is 0. The van der Waals surface area contributed by atoms with Gasteiger partial charge in [0, 0.05) is 17.2 Å². The summed E-state index contributed by atoms with van der Waals surface area (Å²) in [5.41, 5.74) is 0.0596. The van der Waals surface area contributed by atoms with Gasteiger partial charge in [-0.15, -0.1) is 0 Å². The summed E-state index contributed by atoms with van der Waals surface area (Å²) < 4.78 is 0. The van der Waals surface area contributed by atoms with Crippen molar-refractivity contribution in [3.63, 3.8) is 0 Å². The van der Waals surface area contributed by atoms with Gasteiger partial charge in [-0.1, -0.05) is 11.6 Å². The molecule has 1 rings (SSSR count). The van der Waals surface area contributed by atoms with Crippen molar-refractivity contribution in [1.82, 2.24) is 0 Å². The molecular weight excluding hydrogens is 173 g/mol. The summed E-state index contributed by atoms with van der Waals surface area (Å²) >= 11 is 5.49. The molecule has 0 radical (unpaired) electrons. The Hall–Kier alpha value is -1.16. The number of hydrogen-bond acceptors (Lipinski definition) is 2. The molecule has 0 aliphatic heterocycles. The van der Waals surface area contributed by atoms with Gasteiger partial charge in [-0.2, -0.15) is 0 Å². The molecule has 0 amide bonds. The van der Waals surface area contributed by atoms with Gasteiger partial charge in [-0.3, -0.25) is 14.8 Å². The van der Waals surface area contributed by atoms with Crippen LogP contribution >= 0.6 is 11.6 Å². The van der Waals surface area contributed by atoms with Crippen molar-refractivity contribution < 1.29 is 9.63 Å². The predicted molar refractivity (Wildman–Crippen MR) is 40.6 cm³/mol. The first-order valence-electron chi connectivity index (χ1n) is 2.60. The van der Waals surface area contributed by atoms with Crippen LogP contribution in [0.25, 0.3) is 0 Å². The molecule has 1 aromatic rings. The van der Waals surface area contributed by atoms with Gasteiger partial charge in [0.15, 0.2) is 0 Å². The van der Waals surface area contributed by atoms with E-state index in [1.54, 1.807) is 0 Å². The van der Waals surface area contributed by atoms with Crippen LogP contribution in [0, 0.1) is 10.1 Å². The average Bonchev–Trinajstić information content (AvgIpc) is 1.88. The van der Waals surface area contributed by atoms with Crippen molar-refractivity contribution in [3.8, 4) is 0 Å². The molecule has 0 aliphatic rings. The maximum Gasteiger partial charge on any atom is 0.269 e. The lowest BCUT2D eigenvalue weighted by atomic mass is 10.3. The minimum Gasteiger partial charge on any atom is -0.269 e. The molecule has 0 aromatic heterocycles. The van der Waals surface area contributed by atoms with Gasteiger partial charge in [-0.25, -0.2) is 0 Å². The summed E-state index contributed by atoms with van der Waals surface area (Å²) in [4.78, 5) is 9.61. The van der Waals surface area contributed by atoms with Crippen molar-refractivity contribution >= 4 is 17.3 Å². The first-order valence-corrected chi connectivity index (χ1v) is 2.98. The Balaban J connectivity index is 0.000001000. The lowest BCUT2D eigenvalue weighted by molar-refractivity contribution is -0.384. The third-order valence-electron chi connectivity index (χ3n) is 1.04. The highest BCUT2D eigenvalue weighted by atomic mass is 35.5. The van der Waals surface area contributed by atoms with Gasteiger partial charge in [0.2, 0.25) is 0 Å². The Labute approximate surface area is 67.1 Å². The zero-order valence-electron chi connectivity index (χ0n) is 5.36. The van der Waals surface area contributed by atoms with Crippen LogP contribution in [-0.4, -0.2) is 4.92 Å². The smallest absolute Gasteiger partial charge is 0.269 e. The van der Waals surface area contributed by atoms with Crippen LogP contribution in [0.4, 0.5) is 10.4 Å². The van der Waals surface area contributed by atoms with E-state index in [0.29, 0.717) is 5.02 Å². The topological polar surface area (TPSA) is 43.1 Å². The lowest BCUT2D eigenvalue weighted by Gasteiger charge is -1.88. The maximum atomic E-state index is 10.1. The largest absolute Gasteiger partial charge is 0.269 e. The van der Waals surface area contributed by atoms with E-state index in [1.807, 2.05) is 0 Å². The van der Waals surface area contributed by atoms with Crippen molar-refractivity contribution in [3.05, 3.63) is 39.4 Å². The summed E-state index contributed by atoms with van der Waals surface area (Å²) in [7, 11) is 0. The molecule has 1 aromatic carbocycles. The zero-order valence-corrected chi connectivity index (χ0v) is 6.12. The molecule has 0 N–H and O–H groups in total. The van der Waals surface area contributed by atoms with Crippen LogP contribution in [0.5, 0.6) is 0 Å². The highest BCUT2D eigenvalue weighted by Gasteiger charge is 2.01. The first-order chi connectivity index (χ1) is 4.70. The molecule has 11 heavy (non-hydrogen) atoms. The molecule has 0 aliphatic carbocycles. The predicted octanol–water partition coefficient (Wildman–Crippen LogP) is 2.40. The van der Waals surface area contributed by atoms with Gasteiger partial charge < -0.3 is 0 Å². The Morgan fingerprint density at radius 1 is 1.27 bits per heavy atom. The first kappa shape index (κ1) is 9.84. The molecule has 0 bridgehead atoms. The monoisotopic (exact) mass is 177 g/mol. The summed E-state index contributed by atoms with van der Waals surface area (Å²) in [6, 6.07) is 5.70. The van der Waals surface area contributed by atoms with Gasteiger partial charge in [0.25, 0.3) is 5.69 Å². The molecule has 60 valence electrons. The van der Waals surface area contributed by atoms with E-state index < -0.39 is 4.92 Å². The van der Waals surface area contributed by atoms with E-state index in [4.69, 9.17) is 11.6 Å². The van der Waals surface area contributed by atoms with Gasteiger partial charge >= 0.3 is 0 Å². The van der Waals surface area contributed by atoms with Crippen LogP contribution in [0.3, 0.4) is 0 Å². The Kier molecular flexibility index (Phi) is 3.47. The molecule has 0 fully saturated rings. The standard InChI is InChI=1S/C6H4ClNO2.FH/c7-5-1-3-6(4-2-5)8(9)10;/h1-4H;1H. The molecule has 0 atom stereocenters. The van der Waals surface area contributed by atoms with Crippen molar-refractivity contribution in [1.29, 1.82) is 0 Å². The van der Waals surface area contributed by atoms with E-state index in [9.17, 15) is 10.1 Å². The van der Waals surface area contributed by atoms with Crippen LogP contribution in [-0.2, 0) is 0 Å². The number of hydrogen-bond donors (Lipinski definition) is 0. The second-order valence-electron chi connectivity index (χ2n) is 1.73. The van der Waals surface area contributed by atoms with E-state index in [2.05, 4.69) is 0 Å². The number of non-ortho nitro benzene ring substituents is 1. The highest BCUT2D eigenvalue weighted by Crippen LogP contribution is 2.14. The number of rotatable bonds is 1. The SMILES string of the molecule is F.O=[N+]([O-])c1ccc(Cl)cc1. The fraction of sp³-hybridized carbons (Fsp3) is 0. The number of benzene rings is 1. The molecular formula is C6H5ClFNO2. The van der Waals surface area contributed by atoms with E-state index >= 15 is 0 Å². The van der Waals surface area contributed by atoms with Crippen molar-refractivity contribution in [2.45, 2.75) is 0 Å². The number of nitro benzene ring substituents is 1. The van der Waals surface area contributed by atoms with Crippen LogP contribution < -0.4 is 0 Å². The minimum atomic E-state index is -0.462. The summed E-state index contributed by atoms with van der Waals surface area (Å²) in [5, 5.41) is 10.6. The van der Waals surface area contributed by atoms with E-state index in [-0.39, 0.29) is 10.4 Å². The van der Waals surface area contributed by atoms with Crippen molar-refractivity contribution in [2.24, 2.45) is 0 Å². The number of halogens is 2. The fourth-order valence-electron chi connectivity index (χ4n) is 0.563. The van der Waals surface area contributed by atoms with E-state index in [1.165, 1.54) is 24.3 Å². The van der Waals surface area contributed by atoms with Crippen LogP contribution in [0.2, 0.25) is 5.02 Å². The molecule has 0 saturated carbocycles.